The SMILES string of the molecule is Cc1c(-c2cccc(NC(=O)c3ccc(OC(F)(F)F)cc3)c2)nc2ncccn12. The van der Waals surface area contributed by atoms with Crippen LogP contribution < -0.4 is 10.1 Å². The molecule has 2 aromatic carbocycles. The van der Waals surface area contributed by atoms with E-state index in [2.05, 4.69) is 20.0 Å². The summed E-state index contributed by atoms with van der Waals surface area (Å²) in [5.41, 5.74) is 3.16. The van der Waals surface area contributed by atoms with Crippen LogP contribution in [-0.4, -0.2) is 26.6 Å². The summed E-state index contributed by atoms with van der Waals surface area (Å²) in [5.74, 6) is -0.281. The second-order valence-electron chi connectivity index (χ2n) is 6.44. The number of carbonyl (C=O) groups excluding carboxylic acids is 1. The second-order valence-corrected chi connectivity index (χ2v) is 6.44. The van der Waals surface area contributed by atoms with E-state index in [1.165, 1.54) is 12.1 Å². The number of halogens is 3. The van der Waals surface area contributed by atoms with Crippen molar-refractivity contribution in [2.75, 3.05) is 5.32 Å². The molecule has 0 radical (unpaired) electrons. The molecule has 152 valence electrons. The number of carbonyl (C=O) groups is 1. The number of anilines is 1. The summed E-state index contributed by atoms with van der Waals surface area (Å²) >= 11 is 0. The quantitative estimate of drug-likeness (QED) is 0.520. The standard InChI is InChI=1S/C21H15F3N4O2/c1-13-18(27-20-25-10-3-11-28(13)20)15-4-2-5-16(12-15)26-19(29)14-6-8-17(9-7-14)30-21(22,23)24/h2-12H,1H3,(H,26,29). The second kappa shape index (κ2) is 7.51. The Hall–Kier alpha value is -3.88. The average Bonchev–Trinajstić information content (AvgIpc) is 3.04. The number of alkyl halides is 3. The van der Waals surface area contributed by atoms with E-state index in [4.69, 9.17) is 0 Å². The minimum absolute atomic E-state index is 0.197. The molecule has 2 aromatic heterocycles. The number of aromatic nitrogens is 3. The van der Waals surface area contributed by atoms with E-state index in [1.54, 1.807) is 24.4 Å². The highest BCUT2D eigenvalue weighted by Gasteiger charge is 2.31. The van der Waals surface area contributed by atoms with Gasteiger partial charge in [0.15, 0.2) is 0 Å². The Morgan fingerprint density at radius 1 is 1.10 bits per heavy atom. The third kappa shape index (κ3) is 4.09. The predicted octanol–water partition coefficient (Wildman–Crippen LogP) is 4.86. The average molecular weight is 412 g/mol. The summed E-state index contributed by atoms with van der Waals surface area (Å²) in [6.07, 6.45) is -1.25. The molecule has 9 heteroatoms. The number of fused-ring (bicyclic) bond motifs is 1. The molecule has 2 heterocycles. The van der Waals surface area contributed by atoms with Gasteiger partial charge < -0.3 is 10.1 Å². The maximum absolute atomic E-state index is 12.5. The Balaban J connectivity index is 1.54. The van der Waals surface area contributed by atoms with E-state index in [9.17, 15) is 18.0 Å². The number of hydrogen-bond donors (Lipinski definition) is 1. The molecule has 1 amide bonds. The summed E-state index contributed by atoms with van der Waals surface area (Å²) in [4.78, 5) is 21.2. The maximum atomic E-state index is 12.5. The molecule has 4 rings (SSSR count). The molecule has 0 atom stereocenters. The molecular weight excluding hydrogens is 397 g/mol. The van der Waals surface area contributed by atoms with Crippen LogP contribution >= 0.6 is 0 Å². The van der Waals surface area contributed by atoms with Crippen LogP contribution in [0.15, 0.2) is 67.0 Å². The number of benzene rings is 2. The Bertz CT molecular complexity index is 1220. The van der Waals surface area contributed by atoms with Gasteiger partial charge in [0.05, 0.1) is 5.69 Å². The fourth-order valence-corrected chi connectivity index (χ4v) is 3.03. The first-order chi connectivity index (χ1) is 14.3. The summed E-state index contributed by atoms with van der Waals surface area (Å²) in [7, 11) is 0. The molecule has 6 nitrogen and oxygen atoms in total. The number of aryl methyl sites for hydroxylation is 1. The van der Waals surface area contributed by atoms with Crippen molar-refractivity contribution in [2.45, 2.75) is 13.3 Å². The zero-order valence-corrected chi connectivity index (χ0v) is 15.6. The van der Waals surface area contributed by atoms with Gasteiger partial charge in [-0.15, -0.1) is 13.2 Å². The number of imidazole rings is 1. The molecule has 0 fully saturated rings. The van der Waals surface area contributed by atoms with Gasteiger partial charge in [-0.3, -0.25) is 9.20 Å². The Morgan fingerprint density at radius 2 is 1.87 bits per heavy atom. The topological polar surface area (TPSA) is 68.5 Å². The Kier molecular flexibility index (Phi) is 4.86. The lowest BCUT2D eigenvalue weighted by Gasteiger charge is -2.10. The van der Waals surface area contributed by atoms with E-state index in [-0.39, 0.29) is 5.56 Å². The van der Waals surface area contributed by atoms with Crippen LogP contribution in [0.5, 0.6) is 5.75 Å². The van der Waals surface area contributed by atoms with Crippen molar-refractivity contribution in [2.24, 2.45) is 0 Å². The van der Waals surface area contributed by atoms with Gasteiger partial charge >= 0.3 is 6.36 Å². The van der Waals surface area contributed by atoms with E-state index < -0.39 is 18.0 Å². The van der Waals surface area contributed by atoms with Crippen LogP contribution in [0.3, 0.4) is 0 Å². The van der Waals surface area contributed by atoms with E-state index >= 15 is 0 Å². The molecule has 0 spiro atoms. The highest BCUT2D eigenvalue weighted by molar-refractivity contribution is 6.04. The summed E-state index contributed by atoms with van der Waals surface area (Å²) in [5, 5.41) is 2.74. The van der Waals surface area contributed by atoms with Crippen molar-refractivity contribution in [3.05, 3.63) is 78.2 Å². The van der Waals surface area contributed by atoms with E-state index in [0.29, 0.717) is 11.5 Å². The van der Waals surface area contributed by atoms with Crippen molar-refractivity contribution < 1.29 is 22.7 Å². The zero-order chi connectivity index (χ0) is 21.3. The zero-order valence-electron chi connectivity index (χ0n) is 15.6. The number of nitrogens with one attached hydrogen (secondary N) is 1. The van der Waals surface area contributed by atoms with Gasteiger partial charge in [-0.1, -0.05) is 12.1 Å². The van der Waals surface area contributed by atoms with Crippen LogP contribution in [0.1, 0.15) is 16.1 Å². The number of hydrogen-bond acceptors (Lipinski definition) is 4. The largest absolute Gasteiger partial charge is 0.573 e. The lowest BCUT2D eigenvalue weighted by Crippen LogP contribution is -2.17. The monoisotopic (exact) mass is 412 g/mol. The lowest BCUT2D eigenvalue weighted by molar-refractivity contribution is -0.274. The van der Waals surface area contributed by atoms with Gasteiger partial charge in [0.1, 0.15) is 5.75 Å². The van der Waals surface area contributed by atoms with Crippen molar-refractivity contribution in [1.29, 1.82) is 0 Å². The minimum Gasteiger partial charge on any atom is -0.406 e. The molecule has 4 aromatic rings. The smallest absolute Gasteiger partial charge is 0.406 e. The Morgan fingerprint density at radius 3 is 2.57 bits per heavy atom. The third-order valence-corrected chi connectivity index (χ3v) is 4.39. The number of nitrogens with zero attached hydrogens (tertiary/aromatic N) is 3. The summed E-state index contributed by atoms with van der Waals surface area (Å²) in [6, 6.07) is 13.6. The first-order valence-corrected chi connectivity index (χ1v) is 8.87. The number of ether oxygens (including phenoxy) is 1. The fraction of sp³-hybridized carbons (Fsp3) is 0.0952. The van der Waals surface area contributed by atoms with Gasteiger partial charge in [-0.2, -0.15) is 0 Å². The molecule has 0 bridgehead atoms. The molecule has 0 unspecified atom stereocenters. The van der Waals surface area contributed by atoms with Crippen molar-refractivity contribution in [3.63, 3.8) is 0 Å². The molecule has 0 saturated heterocycles. The molecular formula is C21H15F3N4O2. The van der Waals surface area contributed by atoms with Gasteiger partial charge in [0.25, 0.3) is 5.91 Å². The fourth-order valence-electron chi connectivity index (χ4n) is 3.03. The van der Waals surface area contributed by atoms with Crippen molar-refractivity contribution >= 4 is 17.4 Å². The van der Waals surface area contributed by atoms with Crippen LogP contribution in [0.4, 0.5) is 18.9 Å². The van der Waals surface area contributed by atoms with Gasteiger partial charge in [0.2, 0.25) is 5.78 Å². The number of rotatable bonds is 4. The van der Waals surface area contributed by atoms with E-state index in [0.717, 1.165) is 29.1 Å². The first-order valence-electron chi connectivity index (χ1n) is 8.87. The van der Waals surface area contributed by atoms with Crippen LogP contribution in [-0.2, 0) is 0 Å². The summed E-state index contributed by atoms with van der Waals surface area (Å²) < 4.78 is 42.4. The first kappa shape index (κ1) is 19.4. The molecule has 0 aliphatic heterocycles. The van der Waals surface area contributed by atoms with Crippen LogP contribution in [0.2, 0.25) is 0 Å². The highest BCUT2D eigenvalue weighted by atomic mass is 19.4. The summed E-state index contributed by atoms with van der Waals surface area (Å²) in [6.45, 7) is 1.92. The normalized spacial score (nSPS) is 11.5. The predicted molar refractivity (Wildman–Crippen MR) is 104 cm³/mol. The Labute approximate surface area is 169 Å². The third-order valence-electron chi connectivity index (χ3n) is 4.39. The van der Waals surface area contributed by atoms with Crippen molar-refractivity contribution in [3.8, 4) is 17.0 Å². The molecule has 1 N–H and O–H groups in total. The maximum Gasteiger partial charge on any atom is 0.573 e. The molecule has 0 aliphatic carbocycles. The molecule has 0 saturated carbocycles. The molecule has 0 aliphatic rings. The van der Waals surface area contributed by atoms with Gasteiger partial charge in [-0.05, 0) is 49.4 Å². The molecule has 30 heavy (non-hydrogen) atoms. The van der Waals surface area contributed by atoms with Crippen LogP contribution in [0, 0.1) is 6.92 Å². The van der Waals surface area contributed by atoms with Gasteiger partial charge in [0, 0.05) is 34.9 Å². The van der Waals surface area contributed by atoms with Crippen LogP contribution in [0.25, 0.3) is 17.0 Å². The van der Waals surface area contributed by atoms with E-state index in [1.807, 2.05) is 29.7 Å². The minimum atomic E-state index is -4.78. The lowest BCUT2D eigenvalue weighted by atomic mass is 10.1. The highest BCUT2D eigenvalue weighted by Crippen LogP contribution is 2.26. The van der Waals surface area contributed by atoms with Gasteiger partial charge in [-0.25, -0.2) is 9.97 Å². The van der Waals surface area contributed by atoms with Crippen molar-refractivity contribution in [1.82, 2.24) is 14.4 Å². The number of amides is 1.